The second kappa shape index (κ2) is 7.49. The fraction of sp³-hybridized carbons (Fsp3) is 0.600. The van der Waals surface area contributed by atoms with E-state index >= 15 is 0 Å². The van der Waals surface area contributed by atoms with Gasteiger partial charge in [0.1, 0.15) is 5.60 Å². The van der Waals surface area contributed by atoms with Crippen LogP contribution < -0.4 is 0 Å². The third kappa shape index (κ3) is 4.14. The van der Waals surface area contributed by atoms with Crippen molar-refractivity contribution < 1.29 is 9.84 Å². The molecule has 1 aromatic rings. The predicted molar refractivity (Wildman–Crippen MR) is 92.0 cm³/mol. The van der Waals surface area contributed by atoms with E-state index in [0.717, 1.165) is 45.2 Å². The topological polar surface area (TPSA) is 32.7 Å². The zero-order chi connectivity index (χ0) is 16.1. The van der Waals surface area contributed by atoms with Gasteiger partial charge in [0.05, 0.1) is 12.7 Å². The average Bonchev–Trinajstić information content (AvgIpc) is 2.61. The predicted octanol–water partition coefficient (Wildman–Crippen LogP) is 2.76. The molecule has 1 aliphatic carbocycles. The zero-order valence-electron chi connectivity index (χ0n) is 13.8. The van der Waals surface area contributed by atoms with E-state index in [1.165, 1.54) is 17.5 Å². The highest BCUT2D eigenvalue weighted by atomic mass is 16.5. The molecule has 1 saturated carbocycles. The summed E-state index contributed by atoms with van der Waals surface area (Å²) in [7, 11) is 0. The minimum absolute atomic E-state index is 0.336. The molecule has 1 atom stereocenters. The van der Waals surface area contributed by atoms with Crippen LogP contribution in [0.1, 0.15) is 43.2 Å². The molecular weight excluding hydrogens is 286 g/mol. The van der Waals surface area contributed by atoms with Crippen LogP contribution in [0.25, 0.3) is 0 Å². The molecule has 0 radical (unpaired) electrons. The third-order valence-corrected chi connectivity index (χ3v) is 5.15. The van der Waals surface area contributed by atoms with Crippen LogP contribution in [0.2, 0.25) is 0 Å². The van der Waals surface area contributed by atoms with Gasteiger partial charge in [-0.3, -0.25) is 4.90 Å². The quantitative estimate of drug-likeness (QED) is 0.849. The van der Waals surface area contributed by atoms with E-state index in [-0.39, 0.29) is 0 Å². The molecule has 0 aromatic heterocycles. The van der Waals surface area contributed by atoms with E-state index in [4.69, 9.17) is 11.2 Å². The van der Waals surface area contributed by atoms with Crippen molar-refractivity contribution in [2.75, 3.05) is 19.7 Å². The fourth-order valence-corrected chi connectivity index (χ4v) is 3.77. The van der Waals surface area contributed by atoms with Crippen LogP contribution in [0.15, 0.2) is 24.3 Å². The molecule has 23 heavy (non-hydrogen) atoms. The molecule has 3 nitrogen and oxygen atoms in total. The minimum Gasteiger partial charge on any atom is -0.389 e. The number of β-amino-alcohol motifs (C(OH)–C–C–N with tert-alkyl or cyclic N) is 1. The number of aliphatic hydroxyl groups is 1. The first-order chi connectivity index (χ1) is 11.2. The molecule has 1 heterocycles. The summed E-state index contributed by atoms with van der Waals surface area (Å²) in [6.07, 6.45) is 11.6. The van der Waals surface area contributed by atoms with Crippen molar-refractivity contribution in [3.8, 4) is 12.3 Å². The molecule has 2 aliphatic rings. The van der Waals surface area contributed by atoms with Crippen LogP contribution in [-0.4, -0.2) is 41.4 Å². The zero-order valence-corrected chi connectivity index (χ0v) is 13.8. The van der Waals surface area contributed by atoms with Crippen LogP contribution in [0.5, 0.6) is 0 Å². The molecule has 3 rings (SSSR count). The second-order valence-electron chi connectivity index (χ2n) is 6.92. The van der Waals surface area contributed by atoms with Gasteiger partial charge in [0.25, 0.3) is 0 Å². The molecule has 1 aliphatic heterocycles. The summed E-state index contributed by atoms with van der Waals surface area (Å²) in [5, 5.41) is 10.4. The Morgan fingerprint density at radius 2 is 1.96 bits per heavy atom. The highest BCUT2D eigenvalue weighted by molar-refractivity contribution is 5.29. The smallest absolute Gasteiger partial charge is 0.128 e. The lowest BCUT2D eigenvalue weighted by atomic mass is 9.85. The lowest BCUT2D eigenvalue weighted by Gasteiger charge is -2.34. The number of fused-ring (bicyclic) bond motifs is 1. The summed E-state index contributed by atoms with van der Waals surface area (Å²) in [6.45, 7) is 2.89. The first-order valence-corrected chi connectivity index (χ1v) is 8.80. The molecule has 0 unspecified atom stereocenters. The van der Waals surface area contributed by atoms with Crippen LogP contribution in [-0.2, 0) is 17.7 Å². The average molecular weight is 313 g/mol. The molecular formula is C20H27NO2. The number of hydrogen-bond donors (Lipinski definition) is 1. The van der Waals surface area contributed by atoms with Gasteiger partial charge in [0.2, 0.25) is 0 Å². The number of aliphatic hydroxyl groups excluding tert-OH is 1. The van der Waals surface area contributed by atoms with E-state index < -0.39 is 11.7 Å². The Kier molecular flexibility index (Phi) is 5.38. The monoisotopic (exact) mass is 313 g/mol. The van der Waals surface area contributed by atoms with Crippen molar-refractivity contribution in [3.05, 3.63) is 35.4 Å². The van der Waals surface area contributed by atoms with Gasteiger partial charge in [0, 0.05) is 19.6 Å². The lowest BCUT2D eigenvalue weighted by molar-refractivity contribution is -0.0703. The van der Waals surface area contributed by atoms with E-state index in [1.54, 1.807) is 0 Å². The summed E-state index contributed by atoms with van der Waals surface area (Å²) >= 11 is 0. The summed E-state index contributed by atoms with van der Waals surface area (Å²) in [5.41, 5.74) is 2.37. The first-order valence-electron chi connectivity index (χ1n) is 8.80. The maximum Gasteiger partial charge on any atom is 0.128 e. The SMILES string of the molecule is C#CC1(OC[C@H](O)CN2CCc3ccccc3C2)CCCCC1. The van der Waals surface area contributed by atoms with E-state index in [1.807, 2.05) is 0 Å². The third-order valence-electron chi connectivity index (χ3n) is 5.15. The molecule has 0 spiro atoms. The van der Waals surface area contributed by atoms with Crippen molar-refractivity contribution >= 4 is 0 Å². The van der Waals surface area contributed by atoms with Crippen molar-refractivity contribution in [3.63, 3.8) is 0 Å². The molecule has 1 aromatic carbocycles. The van der Waals surface area contributed by atoms with E-state index in [0.29, 0.717) is 13.2 Å². The van der Waals surface area contributed by atoms with Crippen molar-refractivity contribution in [2.24, 2.45) is 0 Å². The molecule has 1 fully saturated rings. The molecule has 0 amide bonds. The van der Waals surface area contributed by atoms with Crippen molar-refractivity contribution in [2.45, 2.75) is 56.8 Å². The second-order valence-corrected chi connectivity index (χ2v) is 6.92. The molecule has 1 N–H and O–H groups in total. The molecule has 124 valence electrons. The molecule has 0 bridgehead atoms. The molecule has 3 heteroatoms. The van der Waals surface area contributed by atoms with Gasteiger partial charge >= 0.3 is 0 Å². The summed E-state index contributed by atoms with van der Waals surface area (Å²) in [5.74, 6) is 2.84. The van der Waals surface area contributed by atoms with Crippen molar-refractivity contribution in [1.29, 1.82) is 0 Å². The number of terminal acetylenes is 1. The summed E-state index contributed by atoms with van der Waals surface area (Å²) in [6, 6.07) is 8.56. The van der Waals surface area contributed by atoms with Gasteiger partial charge in [0.15, 0.2) is 0 Å². The Morgan fingerprint density at radius 1 is 1.22 bits per heavy atom. The Balaban J connectivity index is 1.48. The standard InChI is InChI=1S/C20H27NO2/c1-2-20(11-6-3-7-12-20)23-16-19(22)15-21-13-10-17-8-4-5-9-18(17)14-21/h1,4-5,8-9,19,22H,3,6-7,10-16H2/t19-/m1/s1. The van der Waals surface area contributed by atoms with Crippen LogP contribution in [0.4, 0.5) is 0 Å². The largest absolute Gasteiger partial charge is 0.389 e. The number of hydrogen-bond acceptors (Lipinski definition) is 3. The van der Waals surface area contributed by atoms with Crippen LogP contribution in [0.3, 0.4) is 0 Å². The Bertz CT molecular complexity index is 557. The van der Waals surface area contributed by atoms with Gasteiger partial charge < -0.3 is 9.84 Å². The fourth-order valence-electron chi connectivity index (χ4n) is 3.77. The number of benzene rings is 1. The van der Waals surface area contributed by atoms with Gasteiger partial charge in [-0.1, -0.05) is 36.6 Å². The minimum atomic E-state index is -0.479. The van der Waals surface area contributed by atoms with Crippen molar-refractivity contribution in [1.82, 2.24) is 4.90 Å². The summed E-state index contributed by atoms with van der Waals surface area (Å²) in [4.78, 5) is 2.31. The lowest BCUT2D eigenvalue weighted by Crippen LogP contribution is -2.41. The highest BCUT2D eigenvalue weighted by Gasteiger charge is 2.31. The number of ether oxygens (including phenoxy) is 1. The molecule has 0 saturated heterocycles. The van der Waals surface area contributed by atoms with E-state index in [2.05, 4.69) is 35.1 Å². The highest BCUT2D eigenvalue weighted by Crippen LogP contribution is 2.31. The normalized spacial score (nSPS) is 22.1. The van der Waals surface area contributed by atoms with Gasteiger partial charge in [-0.15, -0.1) is 6.42 Å². The maximum atomic E-state index is 10.4. The Morgan fingerprint density at radius 3 is 2.70 bits per heavy atom. The van der Waals surface area contributed by atoms with Gasteiger partial charge in [-0.05, 0) is 43.2 Å². The number of rotatable bonds is 5. The van der Waals surface area contributed by atoms with Crippen LogP contribution >= 0.6 is 0 Å². The first kappa shape index (κ1) is 16.5. The van der Waals surface area contributed by atoms with Crippen LogP contribution in [0, 0.1) is 12.3 Å². The maximum absolute atomic E-state index is 10.4. The van der Waals surface area contributed by atoms with Gasteiger partial charge in [-0.2, -0.15) is 0 Å². The number of nitrogens with zero attached hydrogens (tertiary/aromatic N) is 1. The summed E-state index contributed by atoms with van der Waals surface area (Å²) < 4.78 is 5.98. The van der Waals surface area contributed by atoms with E-state index in [9.17, 15) is 5.11 Å². The Hall–Kier alpha value is -1.34. The Labute approximate surface area is 139 Å². The van der Waals surface area contributed by atoms with Gasteiger partial charge in [-0.25, -0.2) is 0 Å².